The minimum Gasteiger partial charge on any atom is -0.480 e. The SMILES string of the molecule is CCC(NC(=O)c1ccc([N+](=O)[O-])o1)C(=O)O. The van der Waals surface area contributed by atoms with E-state index >= 15 is 0 Å². The smallest absolute Gasteiger partial charge is 0.433 e. The van der Waals surface area contributed by atoms with Crippen molar-refractivity contribution in [2.75, 3.05) is 0 Å². The highest BCUT2D eigenvalue weighted by Gasteiger charge is 2.22. The van der Waals surface area contributed by atoms with Gasteiger partial charge in [-0.3, -0.25) is 14.9 Å². The first-order valence-corrected chi connectivity index (χ1v) is 4.73. The van der Waals surface area contributed by atoms with Crippen molar-refractivity contribution in [2.24, 2.45) is 0 Å². The van der Waals surface area contributed by atoms with Crippen LogP contribution in [-0.2, 0) is 4.79 Å². The number of carbonyl (C=O) groups is 2. The molecule has 1 aromatic heterocycles. The van der Waals surface area contributed by atoms with Gasteiger partial charge < -0.3 is 14.8 Å². The molecule has 1 unspecified atom stereocenters. The summed E-state index contributed by atoms with van der Waals surface area (Å²) < 4.78 is 4.63. The first kappa shape index (κ1) is 12.7. The van der Waals surface area contributed by atoms with Gasteiger partial charge in [-0.1, -0.05) is 6.92 Å². The first-order chi connectivity index (χ1) is 7.95. The Hall–Kier alpha value is -2.38. The zero-order chi connectivity index (χ0) is 13.0. The Labute approximate surface area is 95.4 Å². The van der Waals surface area contributed by atoms with Crippen LogP contribution in [0.5, 0.6) is 0 Å². The predicted molar refractivity (Wildman–Crippen MR) is 54.5 cm³/mol. The lowest BCUT2D eigenvalue weighted by Crippen LogP contribution is -2.40. The second-order valence-electron chi connectivity index (χ2n) is 3.17. The predicted octanol–water partition coefficient (Wildman–Crippen LogP) is 0.781. The van der Waals surface area contributed by atoms with Crippen LogP contribution < -0.4 is 5.32 Å². The average Bonchev–Trinajstić information content (AvgIpc) is 2.74. The van der Waals surface area contributed by atoms with Crippen LogP contribution >= 0.6 is 0 Å². The van der Waals surface area contributed by atoms with E-state index in [0.29, 0.717) is 0 Å². The molecule has 0 aliphatic rings. The van der Waals surface area contributed by atoms with Gasteiger partial charge in [-0.25, -0.2) is 4.79 Å². The van der Waals surface area contributed by atoms with E-state index in [4.69, 9.17) is 5.11 Å². The summed E-state index contributed by atoms with van der Waals surface area (Å²) in [4.78, 5) is 31.6. The molecule has 1 rings (SSSR count). The third-order valence-electron chi connectivity index (χ3n) is 2.01. The van der Waals surface area contributed by atoms with Gasteiger partial charge in [0.05, 0.1) is 6.07 Å². The first-order valence-electron chi connectivity index (χ1n) is 4.73. The molecule has 0 aliphatic heterocycles. The second-order valence-corrected chi connectivity index (χ2v) is 3.17. The summed E-state index contributed by atoms with van der Waals surface area (Å²) in [5.41, 5.74) is 0. The van der Waals surface area contributed by atoms with E-state index in [1.165, 1.54) is 0 Å². The maximum Gasteiger partial charge on any atom is 0.433 e. The largest absolute Gasteiger partial charge is 0.480 e. The van der Waals surface area contributed by atoms with Crippen LogP contribution in [0.1, 0.15) is 23.9 Å². The molecule has 0 bridgehead atoms. The van der Waals surface area contributed by atoms with E-state index < -0.39 is 28.7 Å². The summed E-state index contributed by atoms with van der Waals surface area (Å²) in [5, 5.41) is 21.2. The summed E-state index contributed by atoms with van der Waals surface area (Å²) in [6.45, 7) is 1.59. The van der Waals surface area contributed by atoms with Crippen molar-refractivity contribution in [1.82, 2.24) is 5.32 Å². The number of rotatable bonds is 5. The maximum absolute atomic E-state index is 11.5. The fourth-order valence-electron chi connectivity index (χ4n) is 1.12. The van der Waals surface area contributed by atoms with Crippen LogP contribution in [0.4, 0.5) is 5.88 Å². The lowest BCUT2D eigenvalue weighted by molar-refractivity contribution is -0.402. The molecule has 1 aromatic rings. The number of carboxylic acid groups (broad SMARTS) is 1. The van der Waals surface area contributed by atoms with Gasteiger partial charge in [-0.05, 0) is 12.5 Å². The molecule has 0 saturated carbocycles. The molecule has 0 aliphatic carbocycles. The zero-order valence-corrected chi connectivity index (χ0v) is 8.87. The van der Waals surface area contributed by atoms with E-state index in [1.54, 1.807) is 6.92 Å². The van der Waals surface area contributed by atoms with Crippen molar-refractivity contribution in [3.8, 4) is 0 Å². The quantitative estimate of drug-likeness (QED) is 0.581. The Bertz CT molecular complexity index is 452. The van der Waals surface area contributed by atoms with Gasteiger partial charge in [-0.15, -0.1) is 0 Å². The Morgan fingerprint density at radius 1 is 1.59 bits per heavy atom. The summed E-state index contributed by atoms with van der Waals surface area (Å²) >= 11 is 0. The lowest BCUT2D eigenvalue weighted by atomic mass is 10.2. The van der Waals surface area contributed by atoms with Crippen LogP contribution in [0.2, 0.25) is 0 Å². The Kier molecular flexibility index (Phi) is 3.81. The highest BCUT2D eigenvalue weighted by molar-refractivity contribution is 5.94. The number of hydrogen-bond acceptors (Lipinski definition) is 5. The van der Waals surface area contributed by atoms with Crippen molar-refractivity contribution in [3.05, 3.63) is 28.0 Å². The fraction of sp³-hybridized carbons (Fsp3) is 0.333. The van der Waals surface area contributed by atoms with Crippen LogP contribution in [0, 0.1) is 10.1 Å². The highest BCUT2D eigenvalue weighted by atomic mass is 16.6. The number of nitrogens with one attached hydrogen (secondary N) is 1. The molecule has 17 heavy (non-hydrogen) atoms. The van der Waals surface area contributed by atoms with Crippen LogP contribution in [0.3, 0.4) is 0 Å². The average molecular weight is 242 g/mol. The molecule has 0 radical (unpaired) electrons. The Morgan fingerprint density at radius 3 is 2.65 bits per heavy atom. The molecule has 0 spiro atoms. The van der Waals surface area contributed by atoms with E-state index in [0.717, 1.165) is 12.1 Å². The van der Waals surface area contributed by atoms with E-state index in [9.17, 15) is 19.7 Å². The molecule has 92 valence electrons. The van der Waals surface area contributed by atoms with Crippen molar-refractivity contribution in [2.45, 2.75) is 19.4 Å². The second kappa shape index (κ2) is 5.10. The number of aliphatic carboxylic acids is 1. The number of amides is 1. The number of nitro groups is 1. The minimum atomic E-state index is -1.18. The number of nitrogens with zero attached hydrogens (tertiary/aromatic N) is 1. The van der Waals surface area contributed by atoms with Crippen LogP contribution in [-0.4, -0.2) is 27.9 Å². The number of hydrogen-bond donors (Lipinski definition) is 2. The molecular formula is C9H10N2O6. The summed E-state index contributed by atoms with van der Waals surface area (Å²) in [6.07, 6.45) is 0.198. The normalized spacial score (nSPS) is 11.8. The summed E-state index contributed by atoms with van der Waals surface area (Å²) in [6, 6.07) is 1.09. The third kappa shape index (κ3) is 3.03. The number of carboxylic acids is 1. The molecule has 0 saturated heterocycles. The maximum atomic E-state index is 11.5. The van der Waals surface area contributed by atoms with Crippen molar-refractivity contribution < 1.29 is 24.0 Å². The van der Waals surface area contributed by atoms with E-state index in [1.807, 2.05) is 0 Å². The Morgan fingerprint density at radius 2 is 2.24 bits per heavy atom. The molecule has 1 amide bonds. The van der Waals surface area contributed by atoms with Gasteiger partial charge >= 0.3 is 11.9 Å². The van der Waals surface area contributed by atoms with Gasteiger partial charge in [0.2, 0.25) is 0 Å². The van der Waals surface area contributed by atoms with E-state index in [-0.39, 0.29) is 12.2 Å². The van der Waals surface area contributed by atoms with Crippen molar-refractivity contribution in [1.29, 1.82) is 0 Å². The lowest BCUT2D eigenvalue weighted by Gasteiger charge is -2.10. The molecule has 8 nitrogen and oxygen atoms in total. The van der Waals surface area contributed by atoms with Crippen LogP contribution in [0.25, 0.3) is 0 Å². The molecule has 2 N–H and O–H groups in total. The summed E-state index contributed by atoms with van der Waals surface area (Å²) in [5.74, 6) is -2.84. The molecule has 0 fully saturated rings. The standard InChI is InChI=1S/C9H10N2O6/c1-2-5(9(13)14)10-8(12)6-3-4-7(17-6)11(15)16/h3-5H,2H2,1H3,(H,10,12)(H,13,14). The van der Waals surface area contributed by atoms with E-state index in [2.05, 4.69) is 9.73 Å². The molecule has 1 heterocycles. The minimum absolute atomic E-state index is 0.198. The summed E-state index contributed by atoms with van der Waals surface area (Å²) in [7, 11) is 0. The third-order valence-corrected chi connectivity index (χ3v) is 2.01. The number of carbonyl (C=O) groups excluding carboxylic acids is 1. The molecule has 8 heteroatoms. The Balaban J connectivity index is 2.75. The van der Waals surface area contributed by atoms with Gasteiger partial charge in [-0.2, -0.15) is 0 Å². The van der Waals surface area contributed by atoms with Gasteiger partial charge in [0.15, 0.2) is 5.76 Å². The number of furan rings is 1. The van der Waals surface area contributed by atoms with Crippen molar-refractivity contribution >= 4 is 17.8 Å². The monoisotopic (exact) mass is 242 g/mol. The zero-order valence-electron chi connectivity index (χ0n) is 8.87. The van der Waals surface area contributed by atoms with Gasteiger partial charge in [0.1, 0.15) is 11.0 Å². The topological polar surface area (TPSA) is 123 Å². The fourth-order valence-corrected chi connectivity index (χ4v) is 1.12. The molecular weight excluding hydrogens is 232 g/mol. The van der Waals surface area contributed by atoms with Crippen molar-refractivity contribution in [3.63, 3.8) is 0 Å². The van der Waals surface area contributed by atoms with Gasteiger partial charge in [0.25, 0.3) is 5.91 Å². The molecule has 1 atom stereocenters. The van der Waals surface area contributed by atoms with Crippen LogP contribution in [0.15, 0.2) is 16.5 Å². The highest BCUT2D eigenvalue weighted by Crippen LogP contribution is 2.15. The van der Waals surface area contributed by atoms with Gasteiger partial charge in [0, 0.05) is 0 Å². The molecule has 0 aromatic carbocycles.